The molecule has 1 unspecified atom stereocenters. The number of rotatable bonds is 5. The number of imidazole rings is 1. The molecule has 0 saturated carbocycles. The van der Waals surface area contributed by atoms with Crippen molar-refractivity contribution in [2.45, 2.75) is 6.04 Å². The topological polar surface area (TPSA) is 69.2 Å². The Morgan fingerprint density at radius 2 is 2.28 bits per heavy atom. The number of aryl methyl sites for hydroxylation is 1. The first-order valence-electron chi connectivity index (χ1n) is 5.85. The van der Waals surface area contributed by atoms with Gasteiger partial charge in [-0.3, -0.25) is 0 Å². The van der Waals surface area contributed by atoms with Crippen LogP contribution in [0.2, 0.25) is 0 Å². The van der Waals surface area contributed by atoms with Gasteiger partial charge >= 0.3 is 0 Å². The van der Waals surface area contributed by atoms with Gasteiger partial charge in [-0.1, -0.05) is 0 Å². The van der Waals surface area contributed by atoms with Crippen LogP contribution in [0.25, 0.3) is 11.0 Å². The van der Waals surface area contributed by atoms with Crippen molar-refractivity contribution in [2.24, 2.45) is 12.8 Å². The highest BCUT2D eigenvalue weighted by molar-refractivity contribution is 5.86. The van der Waals surface area contributed by atoms with E-state index in [0.717, 1.165) is 16.9 Å². The van der Waals surface area contributed by atoms with Crippen molar-refractivity contribution in [2.75, 3.05) is 32.2 Å². The number of hydrogen-bond acceptors (Lipinski definition) is 5. The van der Waals surface area contributed by atoms with Crippen molar-refractivity contribution in [1.82, 2.24) is 14.5 Å². The summed E-state index contributed by atoms with van der Waals surface area (Å²) in [6.07, 6.45) is 3.58. The highest BCUT2D eigenvalue weighted by atomic mass is 16.5. The van der Waals surface area contributed by atoms with Gasteiger partial charge in [0.05, 0.1) is 18.5 Å². The van der Waals surface area contributed by atoms with Crippen molar-refractivity contribution in [3.05, 3.63) is 18.6 Å². The van der Waals surface area contributed by atoms with E-state index in [-0.39, 0.29) is 6.04 Å². The smallest absolute Gasteiger partial charge is 0.156 e. The maximum absolute atomic E-state index is 5.95. The first kappa shape index (κ1) is 12.8. The Morgan fingerprint density at radius 3 is 3.00 bits per heavy atom. The third-order valence-electron chi connectivity index (χ3n) is 2.87. The number of fused-ring (bicyclic) bond motifs is 1. The first-order chi connectivity index (χ1) is 8.63. The van der Waals surface area contributed by atoms with E-state index in [0.29, 0.717) is 13.2 Å². The zero-order chi connectivity index (χ0) is 13.1. The lowest BCUT2D eigenvalue weighted by molar-refractivity contribution is 0.181. The SMILES string of the molecule is COCC(N)CN(C)c1nccc2c1ncn2C. The van der Waals surface area contributed by atoms with E-state index in [1.165, 1.54) is 0 Å². The van der Waals surface area contributed by atoms with Crippen LogP contribution >= 0.6 is 0 Å². The summed E-state index contributed by atoms with van der Waals surface area (Å²) in [5, 5.41) is 0. The van der Waals surface area contributed by atoms with E-state index in [4.69, 9.17) is 10.5 Å². The summed E-state index contributed by atoms with van der Waals surface area (Å²) in [7, 11) is 5.58. The van der Waals surface area contributed by atoms with Crippen LogP contribution in [0.5, 0.6) is 0 Å². The molecule has 0 aliphatic rings. The van der Waals surface area contributed by atoms with Gasteiger partial charge in [0.15, 0.2) is 5.82 Å². The van der Waals surface area contributed by atoms with Crippen molar-refractivity contribution in [3.8, 4) is 0 Å². The fourth-order valence-corrected chi connectivity index (χ4v) is 2.03. The van der Waals surface area contributed by atoms with Crippen LogP contribution in [-0.2, 0) is 11.8 Å². The zero-order valence-corrected chi connectivity index (χ0v) is 11.0. The molecule has 2 aromatic heterocycles. The third kappa shape index (κ3) is 2.44. The number of pyridine rings is 1. The van der Waals surface area contributed by atoms with Gasteiger partial charge in [-0.15, -0.1) is 0 Å². The van der Waals surface area contributed by atoms with Gasteiger partial charge in [0, 0.05) is 40.0 Å². The Balaban J connectivity index is 2.25. The number of methoxy groups -OCH3 is 1. The van der Waals surface area contributed by atoms with E-state index >= 15 is 0 Å². The van der Waals surface area contributed by atoms with Gasteiger partial charge in [-0.05, 0) is 6.07 Å². The van der Waals surface area contributed by atoms with Crippen LogP contribution in [0.4, 0.5) is 5.82 Å². The number of nitrogens with two attached hydrogens (primary N) is 1. The average Bonchev–Trinajstić information content (AvgIpc) is 2.71. The Bertz CT molecular complexity index is 524. The largest absolute Gasteiger partial charge is 0.383 e. The molecule has 0 aromatic carbocycles. The molecule has 0 amide bonds. The molecule has 1 atom stereocenters. The summed E-state index contributed by atoms with van der Waals surface area (Å²) >= 11 is 0. The Labute approximate surface area is 106 Å². The van der Waals surface area contributed by atoms with Crippen LogP contribution in [0, 0.1) is 0 Å². The van der Waals surface area contributed by atoms with Gasteiger partial charge in [-0.2, -0.15) is 0 Å². The molecule has 2 N–H and O–H groups in total. The lowest BCUT2D eigenvalue weighted by Gasteiger charge is -2.22. The van der Waals surface area contributed by atoms with E-state index < -0.39 is 0 Å². The average molecular weight is 249 g/mol. The lowest BCUT2D eigenvalue weighted by Crippen LogP contribution is -2.38. The van der Waals surface area contributed by atoms with Crippen LogP contribution in [0.3, 0.4) is 0 Å². The zero-order valence-electron chi connectivity index (χ0n) is 11.0. The van der Waals surface area contributed by atoms with E-state index in [9.17, 15) is 0 Å². The fourth-order valence-electron chi connectivity index (χ4n) is 2.03. The van der Waals surface area contributed by atoms with Crippen LogP contribution in [-0.4, -0.2) is 47.9 Å². The van der Waals surface area contributed by atoms with E-state index in [2.05, 4.69) is 9.97 Å². The maximum atomic E-state index is 5.95. The molecule has 2 heterocycles. The van der Waals surface area contributed by atoms with E-state index in [1.54, 1.807) is 19.6 Å². The van der Waals surface area contributed by atoms with Crippen molar-refractivity contribution in [3.63, 3.8) is 0 Å². The van der Waals surface area contributed by atoms with Crippen molar-refractivity contribution in [1.29, 1.82) is 0 Å². The minimum atomic E-state index is -0.0410. The molecule has 2 rings (SSSR count). The Kier molecular flexibility index (Phi) is 3.78. The summed E-state index contributed by atoms with van der Waals surface area (Å²) in [5.41, 5.74) is 7.91. The molecule has 6 nitrogen and oxygen atoms in total. The predicted octanol–water partition coefficient (Wildman–Crippen LogP) is 0.378. The molecule has 0 spiro atoms. The maximum Gasteiger partial charge on any atom is 0.156 e. The molecule has 0 fully saturated rings. The number of likely N-dealkylation sites (N-methyl/N-ethyl adjacent to an activating group) is 1. The second-order valence-electron chi connectivity index (χ2n) is 4.45. The standard InChI is InChI=1S/C12H19N5O/c1-16(6-9(13)7-18-3)12-11-10(4-5-14-12)17(2)8-15-11/h4-5,8-9H,6-7,13H2,1-3H3. The second kappa shape index (κ2) is 5.32. The highest BCUT2D eigenvalue weighted by Gasteiger charge is 2.13. The van der Waals surface area contributed by atoms with Gasteiger partial charge in [0.25, 0.3) is 0 Å². The summed E-state index contributed by atoms with van der Waals surface area (Å²) in [4.78, 5) is 10.8. The molecular formula is C12H19N5O. The molecule has 0 saturated heterocycles. The molecule has 2 aromatic rings. The van der Waals surface area contributed by atoms with Crippen molar-refractivity contribution >= 4 is 16.9 Å². The lowest BCUT2D eigenvalue weighted by atomic mass is 10.3. The number of aromatic nitrogens is 3. The fraction of sp³-hybridized carbons (Fsp3) is 0.500. The molecule has 0 radical (unpaired) electrons. The summed E-state index contributed by atoms with van der Waals surface area (Å²) < 4.78 is 7.02. The van der Waals surface area contributed by atoms with Crippen LogP contribution in [0.1, 0.15) is 0 Å². The quantitative estimate of drug-likeness (QED) is 0.829. The highest BCUT2D eigenvalue weighted by Crippen LogP contribution is 2.21. The van der Waals surface area contributed by atoms with Crippen LogP contribution < -0.4 is 10.6 Å². The first-order valence-corrected chi connectivity index (χ1v) is 5.85. The molecule has 0 bridgehead atoms. The minimum Gasteiger partial charge on any atom is -0.383 e. The molecular weight excluding hydrogens is 230 g/mol. The summed E-state index contributed by atoms with van der Waals surface area (Å²) in [6, 6.07) is 1.91. The minimum absolute atomic E-state index is 0.0410. The van der Waals surface area contributed by atoms with Gasteiger partial charge in [0.2, 0.25) is 0 Å². The van der Waals surface area contributed by atoms with Crippen LogP contribution in [0.15, 0.2) is 18.6 Å². The van der Waals surface area contributed by atoms with Crippen molar-refractivity contribution < 1.29 is 4.74 Å². The van der Waals surface area contributed by atoms with E-state index in [1.807, 2.05) is 29.6 Å². The second-order valence-corrected chi connectivity index (χ2v) is 4.45. The number of ether oxygens (including phenoxy) is 1. The molecule has 0 aliphatic heterocycles. The number of hydrogen-bond donors (Lipinski definition) is 1. The van der Waals surface area contributed by atoms with Gasteiger partial charge < -0.3 is 19.9 Å². The predicted molar refractivity (Wildman–Crippen MR) is 71.6 cm³/mol. The normalized spacial score (nSPS) is 12.9. The number of nitrogens with zero attached hydrogens (tertiary/aromatic N) is 4. The Morgan fingerprint density at radius 1 is 1.50 bits per heavy atom. The van der Waals surface area contributed by atoms with Gasteiger partial charge in [0.1, 0.15) is 5.52 Å². The van der Waals surface area contributed by atoms with Gasteiger partial charge in [-0.25, -0.2) is 9.97 Å². The molecule has 0 aliphatic carbocycles. The summed E-state index contributed by atoms with van der Waals surface area (Å²) in [6.45, 7) is 1.21. The number of anilines is 1. The Hall–Kier alpha value is -1.66. The summed E-state index contributed by atoms with van der Waals surface area (Å²) in [5.74, 6) is 0.847. The molecule has 6 heteroatoms. The molecule has 18 heavy (non-hydrogen) atoms. The molecule has 98 valence electrons. The third-order valence-corrected chi connectivity index (χ3v) is 2.87. The monoisotopic (exact) mass is 249 g/mol.